The molecule has 1 aromatic heterocycles. The molecule has 6 heteroatoms. The van der Waals surface area contributed by atoms with Gasteiger partial charge in [0.25, 0.3) is 5.69 Å². The molecule has 0 aliphatic heterocycles. The third-order valence-electron chi connectivity index (χ3n) is 2.53. The standard InChI is InChI=1S/C13H12FN3O2/c1-2-15-12-7-6-11(17(18)19)13(16-12)9-4-3-5-10(14)8-9/h3-8H,2H2,1H3,(H,15,16). The monoisotopic (exact) mass is 261 g/mol. The lowest BCUT2D eigenvalue weighted by molar-refractivity contribution is -0.384. The minimum atomic E-state index is -0.525. The molecule has 0 atom stereocenters. The number of aromatic nitrogens is 1. The van der Waals surface area contributed by atoms with Crippen molar-refractivity contribution in [2.45, 2.75) is 6.92 Å². The minimum absolute atomic E-state index is 0.146. The van der Waals surface area contributed by atoms with Crippen molar-refractivity contribution < 1.29 is 9.31 Å². The lowest BCUT2D eigenvalue weighted by Crippen LogP contribution is -2.02. The fourth-order valence-corrected chi connectivity index (χ4v) is 1.73. The Morgan fingerprint density at radius 1 is 1.37 bits per heavy atom. The summed E-state index contributed by atoms with van der Waals surface area (Å²) in [5.41, 5.74) is 0.390. The summed E-state index contributed by atoms with van der Waals surface area (Å²) < 4.78 is 13.2. The van der Waals surface area contributed by atoms with Crippen molar-refractivity contribution in [3.05, 3.63) is 52.3 Å². The maximum absolute atomic E-state index is 13.2. The largest absolute Gasteiger partial charge is 0.370 e. The number of hydrogen-bond acceptors (Lipinski definition) is 4. The van der Waals surface area contributed by atoms with Crippen molar-refractivity contribution in [1.82, 2.24) is 4.98 Å². The van der Waals surface area contributed by atoms with Gasteiger partial charge in [-0.1, -0.05) is 12.1 Å². The highest BCUT2D eigenvalue weighted by atomic mass is 19.1. The van der Waals surface area contributed by atoms with E-state index in [0.717, 1.165) is 0 Å². The maximum atomic E-state index is 13.2. The van der Waals surface area contributed by atoms with Gasteiger partial charge in [-0.25, -0.2) is 9.37 Å². The molecule has 0 aliphatic carbocycles. The predicted octanol–water partition coefficient (Wildman–Crippen LogP) is 3.23. The summed E-state index contributed by atoms with van der Waals surface area (Å²) in [4.78, 5) is 14.7. The molecule has 5 nitrogen and oxygen atoms in total. The highest BCUT2D eigenvalue weighted by Gasteiger charge is 2.17. The van der Waals surface area contributed by atoms with Crippen molar-refractivity contribution in [2.75, 3.05) is 11.9 Å². The smallest absolute Gasteiger partial charge is 0.295 e. The van der Waals surface area contributed by atoms with Gasteiger partial charge < -0.3 is 5.32 Å². The van der Waals surface area contributed by atoms with Gasteiger partial charge in [0.05, 0.1) is 4.92 Å². The van der Waals surface area contributed by atoms with E-state index in [0.29, 0.717) is 17.9 Å². The third-order valence-corrected chi connectivity index (χ3v) is 2.53. The van der Waals surface area contributed by atoms with Crippen molar-refractivity contribution in [1.29, 1.82) is 0 Å². The number of hydrogen-bond donors (Lipinski definition) is 1. The SMILES string of the molecule is CCNc1ccc([N+](=O)[O-])c(-c2cccc(F)c2)n1. The Bertz CT molecular complexity index is 617. The van der Waals surface area contributed by atoms with Crippen molar-refractivity contribution in [3.63, 3.8) is 0 Å². The van der Waals surface area contributed by atoms with Crippen molar-refractivity contribution in [3.8, 4) is 11.3 Å². The summed E-state index contributed by atoms with van der Waals surface area (Å²) in [7, 11) is 0. The molecule has 0 spiro atoms. The molecule has 0 aliphatic rings. The summed E-state index contributed by atoms with van der Waals surface area (Å²) in [5.74, 6) is 0.0646. The summed E-state index contributed by atoms with van der Waals surface area (Å²) in [5, 5.41) is 14.0. The van der Waals surface area contributed by atoms with Crippen LogP contribution in [0.3, 0.4) is 0 Å². The number of benzene rings is 1. The van der Waals surface area contributed by atoms with Crippen LogP contribution in [0.1, 0.15) is 6.92 Å². The summed E-state index contributed by atoms with van der Waals surface area (Å²) >= 11 is 0. The fourth-order valence-electron chi connectivity index (χ4n) is 1.73. The summed E-state index contributed by atoms with van der Waals surface area (Å²) in [6.07, 6.45) is 0. The van der Waals surface area contributed by atoms with Crippen LogP contribution >= 0.6 is 0 Å². The Kier molecular flexibility index (Phi) is 3.70. The maximum Gasteiger partial charge on any atom is 0.295 e. The highest BCUT2D eigenvalue weighted by Crippen LogP contribution is 2.29. The molecule has 0 bridgehead atoms. The van der Waals surface area contributed by atoms with Gasteiger partial charge in [-0.2, -0.15) is 0 Å². The van der Waals surface area contributed by atoms with Crippen LogP contribution in [0.15, 0.2) is 36.4 Å². The molecule has 0 saturated heterocycles. The number of anilines is 1. The molecule has 0 unspecified atom stereocenters. The van der Waals surface area contributed by atoms with Gasteiger partial charge in [0.15, 0.2) is 5.69 Å². The number of halogens is 1. The molecule has 1 aromatic carbocycles. The van der Waals surface area contributed by atoms with E-state index in [1.165, 1.54) is 30.3 Å². The molecule has 2 rings (SSSR count). The number of pyridine rings is 1. The van der Waals surface area contributed by atoms with Gasteiger partial charge in [0.1, 0.15) is 11.6 Å². The van der Waals surface area contributed by atoms with E-state index < -0.39 is 10.7 Å². The van der Waals surface area contributed by atoms with Crippen molar-refractivity contribution >= 4 is 11.5 Å². The van der Waals surface area contributed by atoms with Crippen LogP contribution in [0.5, 0.6) is 0 Å². The van der Waals surface area contributed by atoms with Crippen LogP contribution in [0.25, 0.3) is 11.3 Å². The second kappa shape index (κ2) is 5.43. The van der Waals surface area contributed by atoms with Crippen LogP contribution in [0, 0.1) is 15.9 Å². The first-order chi connectivity index (χ1) is 9.11. The highest BCUT2D eigenvalue weighted by molar-refractivity contribution is 5.71. The van der Waals surface area contributed by atoms with E-state index >= 15 is 0 Å². The topological polar surface area (TPSA) is 68.1 Å². The normalized spacial score (nSPS) is 10.2. The number of nitrogens with zero attached hydrogens (tertiary/aromatic N) is 2. The average molecular weight is 261 g/mol. The van der Waals surface area contributed by atoms with E-state index in [1.54, 1.807) is 6.07 Å². The molecule has 0 fully saturated rings. The first-order valence-corrected chi connectivity index (χ1v) is 5.77. The lowest BCUT2D eigenvalue weighted by atomic mass is 10.1. The van der Waals surface area contributed by atoms with Crippen LogP contribution in [0.2, 0.25) is 0 Å². The zero-order chi connectivity index (χ0) is 13.8. The molecule has 0 radical (unpaired) electrons. The Morgan fingerprint density at radius 2 is 2.16 bits per heavy atom. The van der Waals surface area contributed by atoms with Crippen LogP contribution in [0.4, 0.5) is 15.9 Å². The van der Waals surface area contributed by atoms with Gasteiger partial charge in [0, 0.05) is 18.2 Å². The first-order valence-electron chi connectivity index (χ1n) is 5.77. The molecular weight excluding hydrogens is 249 g/mol. The van der Waals surface area contributed by atoms with Crippen LogP contribution < -0.4 is 5.32 Å². The van der Waals surface area contributed by atoms with E-state index in [9.17, 15) is 14.5 Å². The van der Waals surface area contributed by atoms with E-state index in [2.05, 4.69) is 10.3 Å². The van der Waals surface area contributed by atoms with Gasteiger partial charge in [-0.15, -0.1) is 0 Å². The molecular formula is C13H12FN3O2. The molecule has 1 N–H and O–H groups in total. The average Bonchev–Trinajstić information content (AvgIpc) is 2.39. The van der Waals surface area contributed by atoms with E-state index in [4.69, 9.17) is 0 Å². The fraction of sp³-hybridized carbons (Fsp3) is 0.154. The number of nitro groups is 1. The van der Waals surface area contributed by atoms with Gasteiger partial charge in [-0.05, 0) is 25.1 Å². The first kappa shape index (κ1) is 12.9. The van der Waals surface area contributed by atoms with Gasteiger partial charge in [0.2, 0.25) is 0 Å². The Labute approximate surface area is 109 Å². The van der Waals surface area contributed by atoms with Crippen LogP contribution in [-0.2, 0) is 0 Å². The Morgan fingerprint density at radius 3 is 2.79 bits per heavy atom. The molecule has 2 aromatic rings. The Hall–Kier alpha value is -2.50. The minimum Gasteiger partial charge on any atom is -0.370 e. The zero-order valence-electron chi connectivity index (χ0n) is 10.3. The molecule has 0 amide bonds. The molecule has 98 valence electrons. The molecule has 0 saturated carbocycles. The van der Waals surface area contributed by atoms with E-state index in [1.807, 2.05) is 6.92 Å². The summed E-state index contributed by atoms with van der Waals surface area (Å²) in [6, 6.07) is 8.49. The predicted molar refractivity (Wildman–Crippen MR) is 70.4 cm³/mol. The lowest BCUT2D eigenvalue weighted by Gasteiger charge is -2.06. The zero-order valence-corrected chi connectivity index (χ0v) is 10.3. The third kappa shape index (κ3) is 2.85. The number of rotatable bonds is 4. The molecule has 19 heavy (non-hydrogen) atoms. The quantitative estimate of drug-likeness (QED) is 0.677. The summed E-state index contributed by atoms with van der Waals surface area (Å²) in [6.45, 7) is 2.54. The second-order valence-corrected chi connectivity index (χ2v) is 3.86. The van der Waals surface area contributed by atoms with Gasteiger partial charge >= 0.3 is 0 Å². The van der Waals surface area contributed by atoms with Gasteiger partial charge in [-0.3, -0.25) is 10.1 Å². The second-order valence-electron chi connectivity index (χ2n) is 3.86. The van der Waals surface area contributed by atoms with Crippen LogP contribution in [-0.4, -0.2) is 16.5 Å². The Balaban J connectivity index is 2.57. The molecule has 1 heterocycles. The van der Waals surface area contributed by atoms with Crippen molar-refractivity contribution in [2.24, 2.45) is 0 Å². The van der Waals surface area contributed by atoms with E-state index in [-0.39, 0.29) is 11.4 Å². The number of nitrogens with one attached hydrogen (secondary N) is 1.